The van der Waals surface area contributed by atoms with E-state index in [2.05, 4.69) is 4.90 Å². The minimum atomic E-state index is -0.258. The summed E-state index contributed by atoms with van der Waals surface area (Å²) in [7, 11) is 0. The van der Waals surface area contributed by atoms with Gasteiger partial charge in [0.05, 0.1) is 5.92 Å². The van der Waals surface area contributed by atoms with Crippen LogP contribution in [0.2, 0.25) is 0 Å². The summed E-state index contributed by atoms with van der Waals surface area (Å²) >= 11 is 0. The Labute approximate surface area is 148 Å². The maximum absolute atomic E-state index is 13.3. The molecule has 2 fully saturated rings. The van der Waals surface area contributed by atoms with Crippen molar-refractivity contribution in [3.8, 4) is 0 Å². The minimum Gasteiger partial charge on any atom is -0.369 e. The van der Waals surface area contributed by atoms with Gasteiger partial charge in [-0.2, -0.15) is 0 Å². The molecule has 136 valence electrons. The van der Waals surface area contributed by atoms with Crippen LogP contribution in [0.3, 0.4) is 0 Å². The highest BCUT2D eigenvalue weighted by Crippen LogP contribution is 2.24. The summed E-state index contributed by atoms with van der Waals surface area (Å²) in [5.41, 5.74) is 6.30. The number of carbonyl (C=O) groups is 2. The van der Waals surface area contributed by atoms with Crippen molar-refractivity contribution in [2.45, 2.75) is 32.2 Å². The van der Waals surface area contributed by atoms with Gasteiger partial charge in [0.2, 0.25) is 11.8 Å². The zero-order valence-electron chi connectivity index (χ0n) is 14.5. The summed E-state index contributed by atoms with van der Waals surface area (Å²) in [6.07, 6.45) is 3.21. The largest absolute Gasteiger partial charge is 0.369 e. The van der Waals surface area contributed by atoms with Crippen LogP contribution < -0.4 is 5.73 Å². The van der Waals surface area contributed by atoms with Crippen molar-refractivity contribution in [3.63, 3.8) is 0 Å². The second kappa shape index (κ2) is 7.95. The molecule has 3 rings (SSSR count). The van der Waals surface area contributed by atoms with Crippen LogP contribution >= 0.6 is 0 Å². The van der Waals surface area contributed by atoms with Crippen molar-refractivity contribution < 1.29 is 14.0 Å². The molecule has 0 aromatic heterocycles. The summed E-state index contributed by atoms with van der Waals surface area (Å²) in [6.45, 7) is 3.56. The van der Waals surface area contributed by atoms with Gasteiger partial charge < -0.3 is 10.6 Å². The zero-order chi connectivity index (χ0) is 17.8. The first-order valence-corrected chi connectivity index (χ1v) is 9.08. The molecule has 2 aliphatic heterocycles. The van der Waals surface area contributed by atoms with Crippen molar-refractivity contribution >= 4 is 11.8 Å². The fourth-order valence-electron chi connectivity index (χ4n) is 3.94. The van der Waals surface area contributed by atoms with Crippen LogP contribution in [-0.2, 0) is 16.1 Å². The number of likely N-dealkylation sites (tertiary alicyclic amines) is 2. The molecule has 2 aliphatic rings. The fourth-order valence-corrected chi connectivity index (χ4v) is 3.94. The van der Waals surface area contributed by atoms with E-state index in [4.69, 9.17) is 5.73 Å². The second-order valence-corrected chi connectivity index (χ2v) is 7.21. The van der Waals surface area contributed by atoms with Gasteiger partial charge in [-0.05, 0) is 49.9 Å². The van der Waals surface area contributed by atoms with Gasteiger partial charge in [-0.1, -0.05) is 12.1 Å². The Morgan fingerprint density at radius 1 is 1.12 bits per heavy atom. The SMILES string of the molecule is NC(=O)C1CCN(C(=O)[C@@H]2CCCN(Cc3cccc(F)c3)C2)CC1. The van der Waals surface area contributed by atoms with Gasteiger partial charge in [0.15, 0.2) is 0 Å². The van der Waals surface area contributed by atoms with E-state index >= 15 is 0 Å². The number of benzene rings is 1. The number of hydrogen-bond donors (Lipinski definition) is 1. The number of primary amides is 1. The molecule has 0 unspecified atom stereocenters. The Kier molecular flexibility index (Phi) is 5.68. The van der Waals surface area contributed by atoms with Crippen LogP contribution in [0.4, 0.5) is 4.39 Å². The highest BCUT2D eigenvalue weighted by atomic mass is 19.1. The molecular formula is C19H26FN3O2. The number of halogens is 1. The van der Waals surface area contributed by atoms with Crippen molar-refractivity contribution in [1.29, 1.82) is 0 Å². The molecule has 1 aromatic rings. The lowest BCUT2D eigenvalue weighted by Gasteiger charge is -2.37. The third-order valence-electron chi connectivity index (χ3n) is 5.36. The molecule has 0 radical (unpaired) electrons. The molecule has 1 atom stereocenters. The van der Waals surface area contributed by atoms with E-state index in [0.717, 1.165) is 24.9 Å². The van der Waals surface area contributed by atoms with Crippen LogP contribution in [0.15, 0.2) is 24.3 Å². The number of rotatable bonds is 4. The van der Waals surface area contributed by atoms with Crippen molar-refractivity contribution in [2.75, 3.05) is 26.2 Å². The van der Waals surface area contributed by atoms with E-state index < -0.39 is 0 Å². The van der Waals surface area contributed by atoms with Gasteiger partial charge in [-0.3, -0.25) is 14.5 Å². The Morgan fingerprint density at radius 2 is 1.88 bits per heavy atom. The first-order valence-electron chi connectivity index (χ1n) is 9.08. The number of carbonyl (C=O) groups excluding carboxylic acids is 2. The monoisotopic (exact) mass is 347 g/mol. The Morgan fingerprint density at radius 3 is 2.56 bits per heavy atom. The van der Waals surface area contributed by atoms with Crippen LogP contribution in [0.25, 0.3) is 0 Å². The molecule has 2 N–H and O–H groups in total. The Bertz CT molecular complexity index is 629. The third kappa shape index (κ3) is 4.57. The zero-order valence-corrected chi connectivity index (χ0v) is 14.5. The van der Waals surface area contributed by atoms with Crippen LogP contribution in [-0.4, -0.2) is 47.8 Å². The van der Waals surface area contributed by atoms with Crippen LogP contribution in [0.5, 0.6) is 0 Å². The summed E-state index contributed by atoms with van der Waals surface area (Å²) < 4.78 is 13.3. The lowest BCUT2D eigenvalue weighted by Crippen LogP contribution is -2.48. The molecule has 25 heavy (non-hydrogen) atoms. The van der Waals surface area contributed by atoms with Gasteiger partial charge >= 0.3 is 0 Å². The molecule has 6 heteroatoms. The quantitative estimate of drug-likeness (QED) is 0.902. The standard InChI is InChI=1S/C19H26FN3O2/c20-17-5-1-3-14(11-17)12-22-8-2-4-16(13-22)19(25)23-9-6-15(7-10-23)18(21)24/h1,3,5,11,15-16H,2,4,6-10,12-13H2,(H2,21,24)/t16-/m1/s1. The Balaban J connectivity index is 1.54. The lowest BCUT2D eigenvalue weighted by atomic mass is 9.92. The van der Waals surface area contributed by atoms with Crippen molar-refractivity contribution in [1.82, 2.24) is 9.80 Å². The summed E-state index contributed by atoms with van der Waals surface area (Å²) in [5, 5.41) is 0. The number of nitrogens with zero attached hydrogens (tertiary/aromatic N) is 2. The maximum Gasteiger partial charge on any atom is 0.226 e. The van der Waals surface area contributed by atoms with E-state index in [1.165, 1.54) is 6.07 Å². The normalized spacial score (nSPS) is 22.8. The number of hydrogen-bond acceptors (Lipinski definition) is 3. The number of piperidine rings is 2. The van der Waals surface area contributed by atoms with Gasteiger partial charge in [0, 0.05) is 32.1 Å². The average molecular weight is 347 g/mol. The molecule has 5 nitrogen and oxygen atoms in total. The van der Waals surface area contributed by atoms with Crippen molar-refractivity contribution in [2.24, 2.45) is 17.6 Å². The molecule has 2 heterocycles. The molecule has 0 spiro atoms. The summed E-state index contributed by atoms with van der Waals surface area (Å²) in [6, 6.07) is 6.64. The highest BCUT2D eigenvalue weighted by Gasteiger charge is 2.32. The molecule has 0 saturated carbocycles. The predicted molar refractivity (Wildman–Crippen MR) is 92.9 cm³/mol. The number of amides is 2. The third-order valence-corrected chi connectivity index (χ3v) is 5.36. The molecule has 1 aromatic carbocycles. The summed E-state index contributed by atoms with van der Waals surface area (Å²) in [4.78, 5) is 28.2. The van der Waals surface area contributed by atoms with E-state index in [1.807, 2.05) is 11.0 Å². The average Bonchev–Trinajstić information content (AvgIpc) is 2.61. The van der Waals surface area contributed by atoms with Gasteiger partial charge in [0.25, 0.3) is 0 Å². The highest BCUT2D eigenvalue weighted by molar-refractivity contribution is 5.80. The fraction of sp³-hybridized carbons (Fsp3) is 0.579. The van der Waals surface area contributed by atoms with Gasteiger partial charge in [0.1, 0.15) is 5.82 Å². The molecule has 2 saturated heterocycles. The topological polar surface area (TPSA) is 66.6 Å². The Hall–Kier alpha value is -1.95. The minimum absolute atomic E-state index is 0.00700. The molecule has 2 amide bonds. The van der Waals surface area contributed by atoms with E-state index in [0.29, 0.717) is 39.0 Å². The van der Waals surface area contributed by atoms with Gasteiger partial charge in [-0.25, -0.2) is 4.39 Å². The van der Waals surface area contributed by atoms with E-state index in [1.54, 1.807) is 12.1 Å². The predicted octanol–water partition coefficient (Wildman–Crippen LogP) is 1.76. The lowest BCUT2D eigenvalue weighted by molar-refractivity contribution is -0.140. The summed E-state index contributed by atoms with van der Waals surface area (Å²) in [5.74, 6) is -0.398. The van der Waals surface area contributed by atoms with E-state index in [9.17, 15) is 14.0 Å². The first-order chi connectivity index (χ1) is 12.0. The second-order valence-electron chi connectivity index (χ2n) is 7.21. The van der Waals surface area contributed by atoms with E-state index in [-0.39, 0.29) is 29.5 Å². The maximum atomic E-state index is 13.3. The van der Waals surface area contributed by atoms with Gasteiger partial charge in [-0.15, -0.1) is 0 Å². The first kappa shape index (κ1) is 17.9. The number of nitrogens with two attached hydrogens (primary N) is 1. The smallest absolute Gasteiger partial charge is 0.226 e. The molecular weight excluding hydrogens is 321 g/mol. The van der Waals surface area contributed by atoms with Crippen LogP contribution in [0, 0.1) is 17.7 Å². The van der Waals surface area contributed by atoms with Crippen LogP contribution in [0.1, 0.15) is 31.2 Å². The molecule has 0 bridgehead atoms. The van der Waals surface area contributed by atoms with Crippen molar-refractivity contribution in [3.05, 3.63) is 35.6 Å². The molecule has 0 aliphatic carbocycles.